The molecule has 0 bridgehead atoms. The monoisotopic (exact) mass is 355 g/mol. The van der Waals surface area contributed by atoms with E-state index in [1.54, 1.807) is 13.8 Å². The van der Waals surface area contributed by atoms with Gasteiger partial charge < -0.3 is 10.1 Å². The molecular formula is C15H13F4N5O. The van der Waals surface area contributed by atoms with E-state index in [1.807, 2.05) is 0 Å². The topological polar surface area (TPSA) is 64.3 Å². The second-order valence-electron chi connectivity index (χ2n) is 5.33. The Hall–Kier alpha value is -2.91. The molecule has 0 unspecified atom stereocenters. The van der Waals surface area contributed by atoms with Crippen molar-refractivity contribution in [3.63, 3.8) is 0 Å². The lowest BCUT2D eigenvalue weighted by molar-refractivity contribution is -0.146. The van der Waals surface area contributed by atoms with Gasteiger partial charge in [-0.1, -0.05) is 0 Å². The van der Waals surface area contributed by atoms with Gasteiger partial charge in [0.2, 0.25) is 0 Å². The zero-order valence-electron chi connectivity index (χ0n) is 13.4. The molecule has 25 heavy (non-hydrogen) atoms. The van der Waals surface area contributed by atoms with Gasteiger partial charge in [0.1, 0.15) is 0 Å². The van der Waals surface area contributed by atoms with Gasteiger partial charge in [0.05, 0.1) is 7.11 Å². The summed E-state index contributed by atoms with van der Waals surface area (Å²) in [7, 11) is 1.31. The fraction of sp³-hybridized carbons (Fsp3) is 0.267. The molecule has 6 nitrogen and oxygen atoms in total. The minimum absolute atomic E-state index is 0.000677. The Bertz CT molecular complexity index is 951. The zero-order chi connectivity index (χ0) is 18.4. The van der Waals surface area contributed by atoms with E-state index in [-0.39, 0.29) is 17.2 Å². The number of anilines is 2. The van der Waals surface area contributed by atoms with E-state index in [4.69, 9.17) is 4.74 Å². The van der Waals surface area contributed by atoms with E-state index in [1.165, 1.54) is 25.3 Å². The first-order chi connectivity index (χ1) is 11.7. The number of fused-ring (bicyclic) bond motifs is 1. The van der Waals surface area contributed by atoms with Crippen LogP contribution in [0.1, 0.15) is 17.0 Å². The molecule has 1 aromatic carbocycles. The molecule has 0 aliphatic carbocycles. The normalized spacial score (nSPS) is 11.8. The van der Waals surface area contributed by atoms with E-state index in [2.05, 4.69) is 20.6 Å². The second-order valence-corrected chi connectivity index (χ2v) is 5.33. The standard InChI is InChI=1S/C15H13F4N5O/c1-7-8(2)13-21-22-14(15(17,18)19)24(13)23-12(7)20-9-4-5-10(16)11(6-9)25-3/h4-6H,1-3H3,(H,20,23). The Morgan fingerprint density at radius 1 is 1.12 bits per heavy atom. The van der Waals surface area contributed by atoms with Gasteiger partial charge in [-0.25, -0.2) is 4.39 Å². The molecule has 10 heteroatoms. The van der Waals surface area contributed by atoms with Crippen molar-refractivity contribution in [2.24, 2.45) is 0 Å². The highest BCUT2D eigenvalue weighted by Gasteiger charge is 2.38. The molecule has 3 rings (SSSR count). The van der Waals surface area contributed by atoms with E-state index in [0.29, 0.717) is 21.3 Å². The highest BCUT2D eigenvalue weighted by Crippen LogP contribution is 2.31. The zero-order valence-corrected chi connectivity index (χ0v) is 13.4. The fourth-order valence-corrected chi connectivity index (χ4v) is 2.30. The summed E-state index contributed by atoms with van der Waals surface area (Å²) in [4.78, 5) is 0. The molecule has 0 aliphatic heterocycles. The maximum Gasteiger partial charge on any atom is 0.453 e. The quantitative estimate of drug-likeness (QED) is 0.727. The number of nitrogens with zero attached hydrogens (tertiary/aromatic N) is 4. The summed E-state index contributed by atoms with van der Waals surface area (Å²) in [6.45, 7) is 3.31. The summed E-state index contributed by atoms with van der Waals surface area (Å²) in [5, 5.41) is 13.6. The smallest absolute Gasteiger partial charge is 0.453 e. The molecule has 0 amide bonds. The van der Waals surface area contributed by atoms with Crippen LogP contribution in [-0.2, 0) is 6.18 Å². The van der Waals surface area contributed by atoms with Crippen molar-refractivity contribution in [2.75, 3.05) is 12.4 Å². The molecule has 2 aromatic heterocycles. The van der Waals surface area contributed by atoms with Gasteiger partial charge in [0.25, 0.3) is 5.82 Å². The van der Waals surface area contributed by atoms with E-state index >= 15 is 0 Å². The average Bonchev–Trinajstić information content (AvgIpc) is 2.98. The summed E-state index contributed by atoms with van der Waals surface area (Å²) in [5.74, 6) is -1.60. The van der Waals surface area contributed by atoms with Crippen molar-refractivity contribution in [2.45, 2.75) is 20.0 Å². The lowest BCUT2D eigenvalue weighted by Crippen LogP contribution is -2.14. The average molecular weight is 355 g/mol. The van der Waals surface area contributed by atoms with Crippen molar-refractivity contribution in [3.8, 4) is 5.75 Å². The number of methoxy groups -OCH3 is 1. The molecular weight excluding hydrogens is 342 g/mol. The van der Waals surface area contributed by atoms with Crippen LogP contribution in [0.2, 0.25) is 0 Å². The van der Waals surface area contributed by atoms with Gasteiger partial charge >= 0.3 is 6.18 Å². The van der Waals surface area contributed by atoms with Crippen molar-refractivity contribution in [1.82, 2.24) is 19.8 Å². The highest BCUT2D eigenvalue weighted by molar-refractivity contribution is 5.65. The lowest BCUT2D eigenvalue weighted by Gasteiger charge is -2.13. The van der Waals surface area contributed by atoms with Gasteiger partial charge in [-0.15, -0.1) is 15.3 Å². The number of halogens is 4. The maximum absolute atomic E-state index is 13.5. The number of benzene rings is 1. The predicted molar refractivity (Wildman–Crippen MR) is 81.5 cm³/mol. The molecule has 132 valence electrons. The van der Waals surface area contributed by atoms with E-state index in [0.717, 1.165) is 0 Å². The summed E-state index contributed by atoms with van der Waals surface area (Å²) >= 11 is 0. The number of ether oxygens (including phenoxy) is 1. The number of nitrogens with one attached hydrogen (secondary N) is 1. The second kappa shape index (κ2) is 5.87. The van der Waals surface area contributed by atoms with Gasteiger partial charge in [0, 0.05) is 22.9 Å². The molecule has 0 atom stereocenters. The van der Waals surface area contributed by atoms with Crippen LogP contribution in [-0.4, -0.2) is 26.9 Å². The molecule has 0 saturated carbocycles. The molecule has 0 radical (unpaired) electrons. The number of hydrogen-bond donors (Lipinski definition) is 1. The van der Waals surface area contributed by atoms with Crippen molar-refractivity contribution < 1.29 is 22.3 Å². The third-order valence-corrected chi connectivity index (χ3v) is 3.76. The van der Waals surface area contributed by atoms with Crippen LogP contribution in [0.4, 0.5) is 29.1 Å². The predicted octanol–water partition coefficient (Wildman–Crippen LogP) is 3.65. The first-order valence-corrected chi connectivity index (χ1v) is 7.12. The number of aromatic nitrogens is 4. The molecule has 1 N–H and O–H groups in total. The number of alkyl halides is 3. The Labute approximate surface area is 139 Å². The molecule has 0 fully saturated rings. The Kier molecular flexibility index (Phi) is 3.97. The van der Waals surface area contributed by atoms with E-state index in [9.17, 15) is 17.6 Å². The van der Waals surface area contributed by atoms with Crippen LogP contribution in [0.3, 0.4) is 0 Å². The minimum Gasteiger partial charge on any atom is -0.494 e. The maximum atomic E-state index is 13.5. The molecule has 0 saturated heterocycles. The Morgan fingerprint density at radius 3 is 2.48 bits per heavy atom. The number of aryl methyl sites for hydroxylation is 1. The van der Waals surface area contributed by atoms with Crippen molar-refractivity contribution in [1.29, 1.82) is 0 Å². The van der Waals surface area contributed by atoms with Gasteiger partial charge in [-0.3, -0.25) is 0 Å². The van der Waals surface area contributed by atoms with Crippen LogP contribution in [0.15, 0.2) is 18.2 Å². The first kappa shape index (κ1) is 16.9. The van der Waals surface area contributed by atoms with Crippen LogP contribution in [0.25, 0.3) is 5.65 Å². The Morgan fingerprint density at radius 2 is 1.84 bits per heavy atom. The summed E-state index contributed by atoms with van der Waals surface area (Å²) < 4.78 is 58.2. The molecule has 2 heterocycles. The Balaban J connectivity index is 2.11. The number of rotatable bonds is 3. The third kappa shape index (κ3) is 2.94. The summed E-state index contributed by atoms with van der Waals surface area (Å²) in [6.07, 6.45) is -4.69. The molecule has 3 aromatic rings. The minimum atomic E-state index is -4.69. The largest absolute Gasteiger partial charge is 0.494 e. The van der Waals surface area contributed by atoms with E-state index < -0.39 is 17.8 Å². The van der Waals surface area contributed by atoms with Crippen LogP contribution < -0.4 is 10.1 Å². The molecule has 0 aliphatic rings. The summed E-state index contributed by atoms with van der Waals surface area (Å²) in [5.41, 5.74) is 1.52. The number of hydrogen-bond acceptors (Lipinski definition) is 5. The highest BCUT2D eigenvalue weighted by atomic mass is 19.4. The lowest BCUT2D eigenvalue weighted by atomic mass is 10.2. The third-order valence-electron chi connectivity index (χ3n) is 3.76. The molecule has 0 spiro atoms. The van der Waals surface area contributed by atoms with Crippen LogP contribution in [0, 0.1) is 19.7 Å². The van der Waals surface area contributed by atoms with Crippen LogP contribution in [0.5, 0.6) is 5.75 Å². The van der Waals surface area contributed by atoms with Crippen molar-refractivity contribution >= 4 is 17.2 Å². The fourth-order valence-electron chi connectivity index (χ4n) is 2.30. The first-order valence-electron chi connectivity index (χ1n) is 7.12. The van der Waals surface area contributed by atoms with Gasteiger partial charge in [0.15, 0.2) is 23.0 Å². The SMILES string of the molecule is COc1cc(Nc2nn3c(C(F)(F)F)nnc3c(C)c2C)ccc1F. The summed E-state index contributed by atoms with van der Waals surface area (Å²) in [6, 6.07) is 3.99. The van der Waals surface area contributed by atoms with Crippen molar-refractivity contribution in [3.05, 3.63) is 41.0 Å². The van der Waals surface area contributed by atoms with Crippen LogP contribution >= 0.6 is 0 Å². The van der Waals surface area contributed by atoms with Gasteiger partial charge in [-0.05, 0) is 26.0 Å². The van der Waals surface area contributed by atoms with Gasteiger partial charge in [-0.2, -0.15) is 17.7 Å².